The van der Waals surface area contributed by atoms with Gasteiger partial charge in [-0.15, -0.1) is 6.58 Å². The standard InChI is InChI=1S/C15H28/c1-5-8-13(4)12-14(9-6-2)15(7-3)10-11-15/h5,13-14H,1,6-12H2,2-4H3. The number of rotatable bonds is 8. The predicted octanol–water partition coefficient (Wildman–Crippen LogP) is 5.20. The van der Waals surface area contributed by atoms with Crippen LogP contribution in [0.5, 0.6) is 0 Å². The summed E-state index contributed by atoms with van der Waals surface area (Å²) in [7, 11) is 0. The van der Waals surface area contributed by atoms with Crippen LogP contribution in [0.3, 0.4) is 0 Å². The van der Waals surface area contributed by atoms with Gasteiger partial charge in [0.15, 0.2) is 0 Å². The molecule has 0 aromatic heterocycles. The van der Waals surface area contributed by atoms with E-state index in [1.807, 2.05) is 0 Å². The van der Waals surface area contributed by atoms with Gasteiger partial charge in [-0.25, -0.2) is 0 Å². The molecule has 2 unspecified atom stereocenters. The zero-order valence-corrected chi connectivity index (χ0v) is 10.9. The molecule has 1 aliphatic rings. The second-order valence-electron chi connectivity index (χ2n) is 5.57. The highest BCUT2D eigenvalue weighted by Crippen LogP contribution is 2.57. The number of hydrogen-bond donors (Lipinski definition) is 0. The monoisotopic (exact) mass is 208 g/mol. The molecule has 0 aliphatic heterocycles. The first-order valence-electron chi connectivity index (χ1n) is 6.79. The minimum absolute atomic E-state index is 0.755. The zero-order valence-electron chi connectivity index (χ0n) is 10.9. The quantitative estimate of drug-likeness (QED) is 0.481. The topological polar surface area (TPSA) is 0 Å². The van der Waals surface area contributed by atoms with Crippen molar-refractivity contribution in [1.29, 1.82) is 0 Å². The lowest BCUT2D eigenvalue weighted by atomic mass is 9.77. The highest BCUT2D eigenvalue weighted by Gasteiger charge is 2.46. The van der Waals surface area contributed by atoms with Crippen molar-refractivity contribution in [2.45, 2.75) is 65.7 Å². The van der Waals surface area contributed by atoms with Crippen molar-refractivity contribution in [1.82, 2.24) is 0 Å². The third-order valence-corrected chi connectivity index (χ3v) is 4.36. The van der Waals surface area contributed by atoms with Crippen molar-refractivity contribution in [2.75, 3.05) is 0 Å². The summed E-state index contributed by atoms with van der Waals surface area (Å²) >= 11 is 0. The highest BCUT2D eigenvalue weighted by molar-refractivity contribution is 4.97. The van der Waals surface area contributed by atoms with Gasteiger partial charge < -0.3 is 0 Å². The molecule has 1 aliphatic carbocycles. The van der Waals surface area contributed by atoms with Crippen LogP contribution in [-0.2, 0) is 0 Å². The summed E-state index contributed by atoms with van der Waals surface area (Å²) in [5.74, 6) is 1.82. The van der Waals surface area contributed by atoms with Crippen LogP contribution in [0, 0.1) is 17.3 Å². The molecule has 1 saturated carbocycles. The third kappa shape index (κ3) is 3.36. The summed E-state index contributed by atoms with van der Waals surface area (Å²) in [5.41, 5.74) is 0.755. The summed E-state index contributed by atoms with van der Waals surface area (Å²) in [4.78, 5) is 0. The minimum atomic E-state index is 0.755. The molecule has 0 N–H and O–H groups in total. The van der Waals surface area contributed by atoms with Crippen LogP contribution < -0.4 is 0 Å². The highest BCUT2D eigenvalue weighted by atomic mass is 14.5. The maximum Gasteiger partial charge on any atom is -0.0271 e. The van der Waals surface area contributed by atoms with Gasteiger partial charge in [0.25, 0.3) is 0 Å². The zero-order chi connectivity index (χ0) is 11.3. The van der Waals surface area contributed by atoms with Crippen LogP contribution in [-0.4, -0.2) is 0 Å². The Balaban J connectivity index is 2.47. The molecule has 2 atom stereocenters. The van der Waals surface area contributed by atoms with Crippen LogP contribution in [0.2, 0.25) is 0 Å². The summed E-state index contributed by atoms with van der Waals surface area (Å²) < 4.78 is 0. The lowest BCUT2D eigenvalue weighted by Crippen LogP contribution is -2.18. The van der Waals surface area contributed by atoms with Crippen LogP contribution in [0.1, 0.15) is 65.7 Å². The lowest BCUT2D eigenvalue weighted by molar-refractivity contribution is 0.229. The fourth-order valence-corrected chi connectivity index (χ4v) is 3.10. The fraction of sp³-hybridized carbons (Fsp3) is 0.867. The van der Waals surface area contributed by atoms with Crippen molar-refractivity contribution >= 4 is 0 Å². The van der Waals surface area contributed by atoms with Crippen molar-refractivity contribution in [3.05, 3.63) is 12.7 Å². The molecule has 0 aromatic carbocycles. The van der Waals surface area contributed by atoms with Crippen molar-refractivity contribution in [3.8, 4) is 0 Å². The van der Waals surface area contributed by atoms with Crippen LogP contribution in [0.4, 0.5) is 0 Å². The van der Waals surface area contributed by atoms with E-state index in [1.165, 1.54) is 44.9 Å². The van der Waals surface area contributed by atoms with Gasteiger partial charge >= 0.3 is 0 Å². The second kappa shape index (κ2) is 5.72. The Morgan fingerprint density at radius 2 is 2.00 bits per heavy atom. The van der Waals surface area contributed by atoms with Crippen molar-refractivity contribution in [3.63, 3.8) is 0 Å². The summed E-state index contributed by atoms with van der Waals surface area (Å²) in [5, 5.41) is 0. The molecule has 88 valence electrons. The molecule has 0 spiro atoms. The average molecular weight is 208 g/mol. The summed E-state index contributed by atoms with van der Waals surface area (Å²) in [6.07, 6.45) is 11.9. The van der Waals surface area contributed by atoms with Crippen molar-refractivity contribution < 1.29 is 0 Å². The van der Waals surface area contributed by atoms with Gasteiger partial charge in [0.05, 0.1) is 0 Å². The molecule has 1 rings (SSSR count). The van der Waals surface area contributed by atoms with Crippen LogP contribution in [0.25, 0.3) is 0 Å². The Bertz CT molecular complexity index is 188. The Morgan fingerprint density at radius 1 is 1.33 bits per heavy atom. The Hall–Kier alpha value is -0.260. The van der Waals surface area contributed by atoms with Crippen LogP contribution >= 0.6 is 0 Å². The van der Waals surface area contributed by atoms with E-state index in [1.54, 1.807) is 0 Å². The largest absolute Gasteiger partial charge is 0.103 e. The van der Waals surface area contributed by atoms with Crippen LogP contribution in [0.15, 0.2) is 12.7 Å². The second-order valence-corrected chi connectivity index (χ2v) is 5.57. The molecular formula is C15H28. The fourth-order valence-electron chi connectivity index (χ4n) is 3.10. The molecule has 0 aromatic rings. The van der Waals surface area contributed by atoms with Gasteiger partial charge in [-0.1, -0.05) is 46.1 Å². The van der Waals surface area contributed by atoms with Gasteiger partial charge in [0, 0.05) is 0 Å². The van der Waals surface area contributed by atoms with Gasteiger partial charge in [-0.05, 0) is 42.9 Å². The minimum Gasteiger partial charge on any atom is -0.103 e. The maximum atomic E-state index is 3.85. The number of hydrogen-bond acceptors (Lipinski definition) is 0. The van der Waals surface area contributed by atoms with E-state index < -0.39 is 0 Å². The van der Waals surface area contributed by atoms with E-state index in [9.17, 15) is 0 Å². The van der Waals surface area contributed by atoms with Gasteiger partial charge in [0.1, 0.15) is 0 Å². The first-order valence-corrected chi connectivity index (χ1v) is 6.79. The first kappa shape index (κ1) is 12.8. The van der Waals surface area contributed by atoms with E-state index in [0.29, 0.717) is 0 Å². The van der Waals surface area contributed by atoms with E-state index >= 15 is 0 Å². The molecule has 15 heavy (non-hydrogen) atoms. The predicted molar refractivity (Wildman–Crippen MR) is 69.0 cm³/mol. The van der Waals surface area contributed by atoms with Gasteiger partial charge in [-0.3, -0.25) is 0 Å². The Kier molecular flexibility index (Phi) is 4.89. The molecule has 0 saturated heterocycles. The smallest absolute Gasteiger partial charge is 0.0271 e. The van der Waals surface area contributed by atoms with E-state index in [-0.39, 0.29) is 0 Å². The normalized spacial score (nSPS) is 22.1. The summed E-state index contributed by atoms with van der Waals surface area (Å²) in [6, 6.07) is 0. The van der Waals surface area contributed by atoms with Gasteiger partial charge in [0.2, 0.25) is 0 Å². The molecule has 0 amide bonds. The van der Waals surface area contributed by atoms with E-state index in [4.69, 9.17) is 0 Å². The number of allylic oxidation sites excluding steroid dienone is 1. The molecule has 0 heteroatoms. The Morgan fingerprint density at radius 3 is 2.40 bits per heavy atom. The van der Waals surface area contributed by atoms with Crippen molar-refractivity contribution in [2.24, 2.45) is 17.3 Å². The molecule has 0 nitrogen and oxygen atoms in total. The maximum absolute atomic E-state index is 3.85. The Labute approximate surface area is 96.2 Å². The SMILES string of the molecule is C=CCC(C)CC(CCC)C1(CC)CC1. The third-order valence-electron chi connectivity index (χ3n) is 4.36. The molecular weight excluding hydrogens is 180 g/mol. The average Bonchev–Trinajstić information content (AvgIpc) is 2.98. The van der Waals surface area contributed by atoms with E-state index in [2.05, 4.69) is 33.4 Å². The van der Waals surface area contributed by atoms with Gasteiger partial charge in [-0.2, -0.15) is 0 Å². The van der Waals surface area contributed by atoms with E-state index in [0.717, 1.165) is 17.3 Å². The molecule has 0 radical (unpaired) electrons. The summed E-state index contributed by atoms with van der Waals surface area (Å²) in [6.45, 7) is 10.9. The molecule has 0 heterocycles. The lowest BCUT2D eigenvalue weighted by Gasteiger charge is -2.28. The molecule has 1 fully saturated rings. The first-order chi connectivity index (χ1) is 7.18. The molecule has 0 bridgehead atoms.